The second-order valence-corrected chi connectivity index (χ2v) is 5.40. The van der Waals surface area contributed by atoms with Crippen LogP contribution in [0.5, 0.6) is 0 Å². The predicted octanol–water partition coefficient (Wildman–Crippen LogP) is 2.39. The maximum Gasteiger partial charge on any atom is 0.254 e. The molecule has 0 fully saturated rings. The Morgan fingerprint density at radius 3 is 2.72 bits per heavy atom. The van der Waals surface area contributed by atoms with Gasteiger partial charge in [0.25, 0.3) is 5.91 Å². The third-order valence-electron chi connectivity index (χ3n) is 2.60. The number of rotatable bonds is 3. The van der Waals surface area contributed by atoms with E-state index < -0.39 is 5.54 Å². The minimum Gasteiger partial charge on any atom is -0.398 e. The lowest BCUT2D eigenvalue weighted by Gasteiger charge is -2.24. The number of nitrogens with two attached hydrogens (primary N) is 1. The Morgan fingerprint density at radius 1 is 1.39 bits per heavy atom. The molecule has 1 heterocycles. The number of thiazole rings is 1. The number of nitrogens with zero attached hydrogens (tertiary/aromatic N) is 1. The molecule has 1 aromatic heterocycles. The van der Waals surface area contributed by atoms with E-state index in [-0.39, 0.29) is 5.91 Å². The average molecular weight is 261 g/mol. The second kappa shape index (κ2) is 4.78. The zero-order valence-corrected chi connectivity index (χ0v) is 11.1. The van der Waals surface area contributed by atoms with Gasteiger partial charge in [-0.05, 0) is 26.0 Å². The van der Waals surface area contributed by atoms with Gasteiger partial charge in [-0.1, -0.05) is 12.1 Å². The normalized spacial score (nSPS) is 11.2. The number of hydrogen-bond donors (Lipinski definition) is 2. The van der Waals surface area contributed by atoms with Gasteiger partial charge in [0.05, 0.1) is 11.1 Å². The molecule has 94 valence electrons. The molecular formula is C13H15N3OS. The van der Waals surface area contributed by atoms with Crippen molar-refractivity contribution in [2.24, 2.45) is 0 Å². The third kappa shape index (κ3) is 2.51. The third-order valence-corrected chi connectivity index (χ3v) is 3.70. The summed E-state index contributed by atoms with van der Waals surface area (Å²) in [6.45, 7) is 3.84. The molecule has 1 amide bonds. The summed E-state index contributed by atoms with van der Waals surface area (Å²) in [5, 5.41) is 5.70. The summed E-state index contributed by atoms with van der Waals surface area (Å²) in [6, 6.07) is 7.02. The SMILES string of the molecule is CC(C)(NC(=O)c1ccccc1N)c1nccs1. The van der Waals surface area contributed by atoms with Crippen molar-refractivity contribution < 1.29 is 4.79 Å². The Kier molecular flexibility index (Phi) is 3.34. The number of nitrogens with one attached hydrogen (secondary N) is 1. The lowest BCUT2D eigenvalue weighted by molar-refractivity contribution is 0.0913. The summed E-state index contributed by atoms with van der Waals surface area (Å²) in [4.78, 5) is 16.4. The number of anilines is 1. The van der Waals surface area contributed by atoms with Gasteiger partial charge in [0.15, 0.2) is 0 Å². The predicted molar refractivity (Wildman–Crippen MR) is 73.5 cm³/mol. The van der Waals surface area contributed by atoms with Crippen LogP contribution in [0, 0.1) is 0 Å². The first-order chi connectivity index (χ1) is 8.50. The van der Waals surface area contributed by atoms with E-state index in [1.807, 2.05) is 19.2 Å². The van der Waals surface area contributed by atoms with Crippen molar-refractivity contribution in [3.05, 3.63) is 46.4 Å². The molecule has 0 unspecified atom stereocenters. The number of aromatic nitrogens is 1. The summed E-state index contributed by atoms with van der Waals surface area (Å²) >= 11 is 1.51. The number of benzene rings is 1. The van der Waals surface area contributed by atoms with Crippen LogP contribution in [0.2, 0.25) is 0 Å². The fourth-order valence-electron chi connectivity index (χ4n) is 1.64. The quantitative estimate of drug-likeness (QED) is 0.834. The molecule has 0 bridgehead atoms. The van der Waals surface area contributed by atoms with Crippen molar-refractivity contribution in [1.82, 2.24) is 10.3 Å². The fraction of sp³-hybridized carbons (Fsp3) is 0.231. The lowest BCUT2D eigenvalue weighted by atomic mass is 10.1. The van der Waals surface area contributed by atoms with Crippen LogP contribution in [0.3, 0.4) is 0 Å². The van der Waals surface area contributed by atoms with Crippen LogP contribution in [0.4, 0.5) is 5.69 Å². The molecule has 2 rings (SSSR count). The van der Waals surface area contributed by atoms with Crippen molar-refractivity contribution in [1.29, 1.82) is 0 Å². The highest BCUT2D eigenvalue weighted by molar-refractivity contribution is 7.09. The number of amides is 1. The van der Waals surface area contributed by atoms with E-state index in [0.717, 1.165) is 5.01 Å². The van der Waals surface area contributed by atoms with Gasteiger partial charge in [-0.15, -0.1) is 11.3 Å². The maximum atomic E-state index is 12.2. The molecule has 0 aliphatic heterocycles. The van der Waals surface area contributed by atoms with E-state index in [1.165, 1.54) is 11.3 Å². The van der Waals surface area contributed by atoms with Crippen molar-refractivity contribution in [2.45, 2.75) is 19.4 Å². The molecule has 4 nitrogen and oxygen atoms in total. The van der Waals surface area contributed by atoms with E-state index in [0.29, 0.717) is 11.3 Å². The van der Waals surface area contributed by atoms with Crippen molar-refractivity contribution in [3.8, 4) is 0 Å². The molecule has 1 aromatic carbocycles. The largest absolute Gasteiger partial charge is 0.398 e. The molecule has 0 saturated carbocycles. The summed E-state index contributed by atoms with van der Waals surface area (Å²) in [7, 11) is 0. The number of carbonyl (C=O) groups is 1. The van der Waals surface area contributed by atoms with Crippen LogP contribution in [0.1, 0.15) is 29.2 Å². The molecule has 5 heteroatoms. The zero-order chi connectivity index (χ0) is 13.2. The highest BCUT2D eigenvalue weighted by Gasteiger charge is 2.26. The minimum atomic E-state index is -0.506. The van der Waals surface area contributed by atoms with Gasteiger partial charge in [0, 0.05) is 17.3 Å². The molecule has 0 aliphatic rings. The molecule has 0 atom stereocenters. The molecule has 0 aliphatic carbocycles. The summed E-state index contributed by atoms with van der Waals surface area (Å²) in [6.07, 6.45) is 1.73. The smallest absolute Gasteiger partial charge is 0.254 e. The van der Waals surface area contributed by atoms with Gasteiger partial charge in [0.2, 0.25) is 0 Å². The van der Waals surface area contributed by atoms with Gasteiger partial charge in [-0.2, -0.15) is 0 Å². The van der Waals surface area contributed by atoms with Gasteiger partial charge < -0.3 is 11.1 Å². The van der Waals surface area contributed by atoms with E-state index in [4.69, 9.17) is 5.73 Å². The Morgan fingerprint density at radius 2 is 2.11 bits per heavy atom. The Balaban J connectivity index is 2.20. The molecular weight excluding hydrogens is 246 g/mol. The fourth-order valence-corrected chi connectivity index (χ4v) is 2.36. The van der Waals surface area contributed by atoms with E-state index in [2.05, 4.69) is 10.3 Å². The molecule has 2 aromatic rings. The molecule has 0 radical (unpaired) electrons. The van der Waals surface area contributed by atoms with E-state index in [9.17, 15) is 4.79 Å². The van der Waals surface area contributed by atoms with Crippen molar-refractivity contribution in [3.63, 3.8) is 0 Å². The van der Waals surface area contributed by atoms with Crippen LogP contribution >= 0.6 is 11.3 Å². The van der Waals surface area contributed by atoms with Crippen LogP contribution in [0.15, 0.2) is 35.8 Å². The second-order valence-electron chi connectivity index (χ2n) is 4.50. The highest BCUT2D eigenvalue weighted by Crippen LogP contribution is 2.23. The minimum absolute atomic E-state index is 0.187. The average Bonchev–Trinajstić information content (AvgIpc) is 2.82. The van der Waals surface area contributed by atoms with Gasteiger partial charge >= 0.3 is 0 Å². The zero-order valence-electron chi connectivity index (χ0n) is 10.3. The lowest BCUT2D eigenvalue weighted by Crippen LogP contribution is -2.41. The van der Waals surface area contributed by atoms with Crippen LogP contribution in [0.25, 0.3) is 0 Å². The highest BCUT2D eigenvalue weighted by atomic mass is 32.1. The van der Waals surface area contributed by atoms with Crippen LogP contribution in [-0.2, 0) is 5.54 Å². The maximum absolute atomic E-state index is 12.2. The Hall–Kier alpha value is -1.88. The van der Waals surface area contributed by atoms with Gasteiger partial charge in [0.1, 0.15) is 5.01 Å². The summed E-state index contributed by atoms with van der Waals surface area (Å²) in [5.74, 6) is -0.187. The number of para-hydroxylation sites is 1. The molecule has 0 saturated heterocycles. The summed E-state index contributed by atoms with van der Waals surface area (Å²) in [5.41, 5.74) is 6.24. The standard InChI is InChI=1S/C13H15N3OS/c1-13(2,12-15-7-8-18-12)16-11(17)9-5-3-4-6-10(9)14/h3-8H,14H2,1-2H3,(H,16,17). The molecule has 0 spiro atoms. The first-order valence-electron chi connectivity index (χ1n) is 5.58. The molecule has 18 heavy (non-hydrogen) atoms. The van der Waals surface area contributed by atoms with Crippen molar-refractivity contribution >= 4 is 22.9 Å². The van der Waals surface area contributed by atoms with Crippen LogP contribution < -0.4 is 11.1 Å². The van der Waals surface area contributed by atoms with Gasteiger partial charge in [-0.25, -0.2) is 4.98 Å². The van der Waals surface area contributed by atoms with Gasteiger partial charge in [-0.3, -0.25) is 4.79 Å². The monoisotopic (exact) mass is 261 g/mol. The first-order valence-corrected chi connectivity index (χ1v) is 6.45. The van der Waals surface area contributed by atoms with E-state index in [1.54, 1.807) is 30.5 Å². The first kappa shape index (κ1) is 12.6. The van der Waals surface area contributed by atoms with Crippen LogP contribution in [-0.4, -0.2) is 10.9 Å². The van der Waals surface area contributed by atoms with E-state index >= 15 is 0 Å². The number of carbonyl (C=O) groups excluding carboxylic acids is 1. The number of hydrogen-bond acceptors (Lipinski definition) is 4. The van der Waals surface area contributed by atoms with Crippen molar-refractivity contribution in [2.75, 3.05) is 5.73 Å². The molecule has 3 N–H and O–H groups in total. The Bertz CT molecular complexity index is 549. The Labute approximate surface area is 110 Å². The topological polar surface area (TPSA) is 68.0 Å². The summed E-state index contributed by atoms with van der Waals surface area (Å²) < 4.78 is 0. The number of nitrogen functional groups attached to an aromatic ring is 1.